The molecule has 5 nitrogen and oxygen atoms in total. The smallest absolute Gasteiger partial charge is 0.254 e. The highest BCUT2D eigenvalue weighted by atomic mass is 16.5. The minimum Gasteiger partial charge on any atom is -0.497 e. The molecule has 1 amide bonds. The standard InChI is InChI=1S/C16H21N3O2/c1-11-9-14(16(20)19(3)8-7-17-2)13-10-12(21-4)5-6-15(13)18-11/h5-6,9-10,17H,7-8H2,1-4H3. The number of amides is 1. The summed E-state index contributed by atoms with van der Waals surface area (Å²) in [5, 5.41) is 3.87. The van der Waals surface area contributed by atoms with Crippen molar-refractivity contribution < 1.29 is 9.53 Å². The fourth-order valence-electron chi connectivity index (χ4n) is 2.23. The molecule has 0 atom stereocenters. The normalized spacial score (nSPS) is 10.7. The maximum Gasteiger partial charge on any atom is 0.254 e. The van der Waals surface area contributed by atoms with Crippen LogP contribution in [0.3, 0.4) is 0 Å². The maximum absolute atomic E-state index is 12.6. The lowest BCUT2D eigenvalue weighted by Crippen LogP contribution is -2.33. The van der Waals surface area contributed by atoms with Crippen LogP contribution in [-0.2, 0) is 0 Å². The number of methoxy groups -OCH3 is 1. The number of benzene rings is 1. The van der Waals surface area contributed by atoms with Crippen molar-refractivity contribution in [3.05, 3.63) is 35.5 Å². The Morgan fingerprint density at radius 2 is 2.14 bits per heavy atom. The quantitative estimate of drug-likeness (QED) is 0.912. The molecule has 0 bridgehead atoms. The molecule has 0 saturated heterocycles. The van der Waals surface area contributed by atoms with E-state index in [1.54, 1.807) is 19.1 Å². The molecule has 0 saturated carbocycles. The van der Waals surface area contributed by atoms with Crippen LogP contribution in [0.5, 0.6) is 5.75 Å². The average molecular weight is 287 g/mol. The zero-order valence-electron chi connectivity index (χ0n) is 12.9. The predicted octanol–water partition coefficient (Wildman–Crippen LogP) is 1.84. The first-order valence-electron chi connectivity index (χ1n) is 6.92. The van der Waals surface area contributed by atoms with Gasteiger partial charge in [-0.15, -0.1) is 0 Å². The number of fused-ring (bicyclic) bond motifs is 1. The number of hydrogen-bond donors (Lipinski definition) is 1. The van der Waals surface area contributed by atoms with Crippen LogP contribution >= 0.6 is 0 Å². The first-order valence-corrected chi connectivity index (χ1v) is 6.92. The van der Waals surface area contributed by atoms with Crippen molar-refractivity contribution in [3.8, 4) is 5.75 Å². The van der Waals surface area contributed by atoms with E-state index in [9.17, 15) is 4.79 Å². The zero-order chi connectivity index (χ0) is 15.4. The molecular weight excluding hydrogens is 266 g/mol. The lowest BCUT2D eigenvalue weighted by molar-refractivity contribution is 0.0798. The number of carbonyl (C=O) groups excluding carboxylic acids is 1. The number of carbonyl (C=O) groups is 1. The minimum absolute atomic E-state index is 0.00555. The van der Waals surface area contributed by atoms with Gasteiger partial charge in [0.25, 0.3) is 5.91 Å². The van der Waals surface area contributed by atoms with E-state index in [2.05, 4.69) is 10.3 Å². The van der Waals surface area contributed by atoms with Gasteiger partial charge in [0.05, 0.1) is 18.2 Å². The molecule has 5 heteroatoms. The Hall–Kier alpha value is -2.14. The molecule has 2 rings (SSSR count). The first-order chi connectivity index (χ1) is 10.1. The van der Waals surface area contributed by atoms with Gasteiger partial charge in [-0.2, -0.15) is 0 Å². The number of ether oxygens (including phenoxy) is 1. The zero-order valence-corrected chi connectivity index (χ0v) is 12.9. The summed E-state index contributed by atoms with van der Waals surface area (Å²) in [6.07, 6.45) is 0. The highest BCUT2D eigenvalue weighted by Crippen LogP contribution is 2.24. The number of pyridine rings is 1. The van der Waals surface area contributed by atoms with E-state index in [1.807, 2.05) is 38.2 Å². The van der Waals surface area contributed by atoms with Gasteiger partial charge in [0.15, 0.2) is 0 Å². The van der Waals surface area contributed by atoms with Crippen molar-refractivity contribution in [2.75, 3.05) is 34.3 Å². The lowest BCUT2D eigenvalue weighted by atomic mass is 10.1. The number of aryl methyl sites for hydroxylation is 1. The SMILES string of the molecule is CNCCN(C)C(=O)c1cc(C)nc2ccc(OC)cc12. The average Bonchev–Trinajstić information content (AvgIpc) is 2.50. The Labute approximate surface area is 124 Å². The van der Waals surface area contributed by atoms with Gasteiger partial charge in [0, 0.05) is 31.2 Å². The third kappa shape index (κ3) is 3.31. The largest absolute Gasteiger partial charge is 0.497 e. The van der Waals surface area contributed by atoms with E-state index in [0.717, 1.165) is 28.9 Å². The lowest BCUT2D eigenvalue weighted by Gasteiger charge is -2.18. The molecule has 21 heavy (non-hydrogen) atoms. The Morgan fingerprint density at radius 1 is 1.38 bits per heavy atom. The number of nitrogens with one attached hydrogen (secondary N) is 1. The molecule has 1 aromatic carbocycles. The van der Waals surface area contributed by atoms with Gasteiger partial charge in [0.2, 0.25) is 0 Å². The summed E-state index contributed by atoms with van der Waals surface area (Å²) in [5.74, 6) is 0.717. The Kier molecular flexibility index (Phi) is 4.75. The van der Waals surface area contributed by atoms with Gasteiger partial charge >= 0.3 is 0 Å². The van der Waals surface area contributed by atoms with Crippen LogP contribution in [0, 0.1) is 6.92 Å². The molecule has 2 aromatic rings. The molecular formula is C16H21N3O2. The van der Waals surface area contributed by atoms with Gasteiger partial charge < -0.3 is 15.0 Å². The van der Waals surface area contributed by atoms with Gasteiger partial charge in [-0.05, 0) is 38.2 Å². The van der Waals surface area contributed by atoms with Crippen molar-refractivity contribution >= 4 is 16.8 Å². The molecule has 0 aliphatic rings. The summed E-state index contributed by atoms with van der Waals surface area (Å²) in [5.41, 5.74) is 2.30. The molecule has 0 aliphatic carbocycles. The third-order valence-electron chi connectivity index (χ3n) is 3.42. The highest BCUT2D eigenvalue weighted by molar-refractivity contribution is 6.06. The third-order valence-corrected chi connectivity index (χ3v) is 3.42. The molecule has 0 spiro atoms. The first kappa shape index (κ1) is 15.3. The van der Waals surface area contributed by atoms with Gasteiger partial charge in [0.1, 0.15) is 5.75 Å². The van der Waals surface area contributed by atoms with Crippen molar-refractivity contribution in [2.45, 2.75) is 6.92 Å². The summed E-state index contributed by atoms with van der Waals surface area (Å²) in [6.45, 7) is 3.31. The second-order valence-corrected chi connectivity index (χ2v) is 5.02. The van der Waals surface area contributed by atoms with Crippen LogP contribution in [0.1, 0.15) is 16.1 Å². The number of likely N-dealkylation sites (N-methyl/N-ethyl adjacent to an activating group) is 2. The molecule has 0 fully saturated rings. The van der Waals surface area contributed by atoms with Gasteiger partial charge in [-0.3, -0.25) is 9.78 Å². The van der Waals surface area contributed by atoms with Crippen molar-refractivity contribution in [1.82, 2.24) is 15.2 Å². The van der Waals surface area contributed by atoms with Crippen molar-refractivity contribution in [2.24, 2.45) is 0 Å². The molecule has 1 heterocycles. The Morgan fingerprint density at radius 3 is 2.81 bits per heavy atom. The van der Waals surface area contributed by atoms with Crippen LogP contribution in [0.2, 0.25) is 0 Å². The van der Waals surface area contributed by atoms with Crippen LogP contribution < -0.4 is 10.1 Å². The van der Waals surface area contributed by atoms with Crippen LogP contribution in [0.25, 0.3) is 10.9 Å². The predicted molar refractivity (Wildman–Crippen MR) is 83.9 cm³/mol. The maximum atomic E-state index is 12.6. The molecule has 0 unspecified atom stereocenters. The summed E-state index contributed by atoms with van der Waals surface area (Å²) < 4.78 is 5.25. The topological polar surface area (TPSA) is 54.5 Å². The highest BCUT2D eigenvalue weighted by Gasteiger charge is 2.16. The Balaban J connectivity index is 2.48. The van der Waals surface area contributed by atoms with E-state index in [1.165, 1.54) is 0 Å². The monoisotopic (exact) mass is 287 g/mol. The second-order valence-electron chi connectivity index (χ2n) is 5.02. The summed E-state index contributed by atoms with van der Waals surface area (Å²) >= 11 is 0. The molecule has 112 valence electrons. The van der Waals surface area contributed by atoms with Crippen molar-refractivity contribution in [3.63, 3.8) is 0 Å². The van der Waals surface area contributed by atoms with Crippen LogP contribution in [-0.4, -0.2) is 50.1 Å². The second kappa shape index (κ2) is 6.54. The summed E-state index contributed by atoms with van der Waals surface area (Å²) in [7, 11) is 5.29. The van der Waals surface area contributed by atoms with E-state index < -0.39 is 0 Å². The van der Waals surface area contributed by atoms with Crippen LogP contribution in [0.4, 0.5) is 0 Å². The van der Waals surface area contributed by atoms with Gasteiger partial charge in [-0.1, -0.05) is 0 Å². The summed E-state index contributed by atoms with van der Waals surface area (Å²) in [4.78, 5) is 18.8. The number of nitrogens with zero attached hydrogens (tertiary/aromatic N) is 2. The molecule has 1 N–H and O–H groups in total. The molecule has 0 radical (unpaired) electrons. The fourth-order valence-corrected chi connectivity index (χ4v) is 2.23. The summed E-state index contributed by atoms with van der Waals surface area (Å²) in [6, 6.07) is 7.43. The van der Waals surface area contributed by atoms with Crippen LogP contribution in [0.15, 0.2) is 24.3 Å². The Bertz CT molecular complexity index is 655. The number of aromatic nitrogens is 1. The molecule has 0 aliphatic heterocycles. The fraction of sp³-hybridized carbons (Fsp3) is 0.375. The number of hydrogen-bond acceptors (Lipinski definition) is 4. The number of rotatable bonds is 5. The van der Waals surface area contributed by atoms with E-state index >= 15 is 0 Å². The molecule has 1 aromatic heterocycles. The van der Waals surface area contributed by atoms with E-state index in [4.69, 9.17) is 4.74 Å². The van der Waals surface area contributed by atoms with E-state index in [0.29, 0.717) is 12.1 Å². The van der Waals surface area contributed by atoms with E-state index in [-0.39, 0.29) is 5.91 Å². The van der Waals surface area contributed by atoms with Gasteiger partial charge in [-0.25, -0.2) is 0 Å². The van der Waals surface area contributed by atoms with Crippen molar-refractivity contribution in [1.29, 1.82) is 0 Å². The minimum atomic E-state index is -0.00555.